The molecule has 1 aromatic rings. The minimum Gasteiger partial charge on any atom is -0.326 e. The number of likely N-dealkylation sites (tertiary alicyclic amines) is 1. The summed E-state index contributed by atoms with van der Waals surface area (Å²) >= 11 is 0. The van der Waals surface area contributed by atoms with Gasteiger partial charge in [0.15, 0.2) is 0 Å². The van der Waals surface area contributed by atoms with E-state index in [1.54, 1.807) is 0 Å². The second kappa shape index (κ2) is 5.49. The van der Waals surface area contributed by atoms with Gasteiger partial charge in [0.25, 0.3) is 11.8 Å². The maximum Gasteiger partial charge on any atom is 0.282 e. The molecule has 4 aliphatic carbocycles. The van der Waals surface area contributed by atoms with Crippen molar-refractivity contribution in [2.45, 2.75) is 38.0 Å². The number of carbonyl (C=O) groups is 2. The number of rotatable bonds is 3. The molecule has 1 aliphatic heterocycles. The second-order valence-electron chi connectivity index (χ2n) is 8.83. The van der Waals surface area contributed by atoms with Crippen LogP contribution in [0.4, 0.5) is 18.9 Å². The van der Waals surface area contributed by atoms with Crippen LogP contribution >= 0.6 is 0 Å². The number of halogens is 3. The van der Waals surface area contributed by atoms with E-state index in [0.717, 1.165) is 36.6 Å². The molecule has 1 heterocycles. The molecule has 1 saturated heterocycles. The Labute approximate surface area is 155 Å². The first-order valence-electron chi connectivity index (χ1n) is 9.54. The summed E-state index contributed by atoms with van der Waals surface area (Å²) in [5.41, 5.74) is -0.652. The Kier molecular flexibility index (Phi) is 3.47. The molecule has 2 atom stereocenters. The van der Waals surface area contributed by atoms with Gasteiger partial charge in [0.1, 0.15) is 5.82 Å². The number of hydrogen-bond acceptors (Lipinski definition) is 2. The minimum atomic E-state index is -2.93. The Morgan fingerprint density at radius 3 is 2.37 bits per heavy atom. The van der Waals surface area contributed by atoms with Crippen molar-refractivity contribution in [2.24, 2.45) is 23.2 Å². The summed E-state index contributed by atoms with van der Waals surface area (Å²) < 4.78 is 40.6. The Morgan fingerprint density at radius 2 is 1.74 bits per heavy atom. The molecule has 5 fully saturated rings. The smallest absolute Gasteiger partial charge is 0.282 e. The number of anilines is 1. The maximum absolute atomic E-state index is 14.4. The fourth-order valence-corrected chi connectivity index (χ4v) is 6.07. The van der Waals surface area contributed by atoms with E-state index < -0.39 is 36.2 Å². The highest BCUT2D eigenvalue weighted by molar-refractivity contribution is 6.05. The predicted octanol–water partition coefficient (Wildman–Crippen LogP) is 3.68. The van der Waals surface area contributed by atoms with Gasteiger partial charge in [-0.2, -0.15) is 0 Å². The maximum atomic E-state index is 14.4. The lowest BCUT2D eigenvalue weighted by Crippen LogP contribution is -2.58. The van der Waals surface area contributed by atoms with Crippen LogP contribution in [0.5, 0.6) is 0 Å². The Balaban J connectivity index is 1.41. The Bertz CT molecular complexity index is 819. The molecule has 27 heavy (non-hydrogen) atoms. The van der Waals surface area contributed by atoms with Gasteiger partial charge < -0.3 is 10.2 Å². The molecule has 5 aliphatic rings. The summed E-state index contributed by atoms with van der Waals surface area (Å²) in [7, 11) is 0. The fraction of sp³-hybridized carbons (Fsp3) is 0.600. The molecule has 6 rings (SSSR count). The zero-order valence-corrected chi connectivity index (χ0v) is 14.8. The van der Waals surface area contributed by atoms with Crippen LogP contribution in [0.2, 0.25) is 0 Å². The topological polar surface area (TPSA) is 49.4 Å². The van der Waals surface area contributed by atoms with Crippen LogP contribution in [0.25, 0.3) is 0 Å². The standard InChI is InChI=1S/C20H21F3N2O2/c21-14-2-1-3-15(16(14)17(26)25-9-20(22,23)10-25)24-18(27)19-7-11-4-12(8-19)6-13(19)5-11/h1-3,11-13H,4-10H2,(H,24,27). The third-order valence-electron chi connectivity index (χ3n) is 7.05. The monoisotopic (exact) mass is 378 g/mol. The number of carbonyl (C=O) groups excluding carboxylic acids is 2. The van der Waals surface area contributed by atoms with Crippen LogP contribution in [0.3, 0.4) is 0 Å². The number of nitrogens with zero attached hydrogens (tertiary/aromatic N) is 1. The molecule has 0 radical (unpaired) electrons. The van der Waals surface area contributed by atoms with Crippen molar-refractivity contribution in [1.29, 1.82) is 0 Å². The number of amides is 2. The molecule has 4 bridgehead atoms. The van der Waals surface area contributed by atoms with Crippen molar-refractivity contribution < 1.29 is 22.8 Å². The molecular weight excluding hydrogens is 357 g/mol. The highest BCUT2D eigenvalue weighted by atomic mass is 19.3. The van der Waals surface area contributed by atoms with Crippen LogP contribution in [-0.4, -0.2) is 35.7 Å². The molecule has 7 heteroatoms. The quantitative estimate of drug-likeness (QED) is 0.872. The zero-order chi connectivity index (χ0) is 19.0. The Hall–Kier alpha value is -2.05. The summed E-state index contributed by atoms with van der Waals surface area (Å²) in [4.78, 5) is 26.6. The molecule has 4 nitrogen and oxygen atoms in total. The van der Waals surface area contributed by atoms with Gasteiger partial charge in [-0.05, 0) is 62.0 Å². The van der Waals surface area contributed by atoms with Gasteiger partial charge in [0, 0.05) is 0 Å². The first-order chi connectivity index (χ1) is 12.8. The van der Waals surface area contributed by atoms with Gasteiger partial charge >= 0.3 is 0 Å². The fourth-order valence-electron chi connectivity index (χ4n) is 6.07. The van der Waals surface area contributed by atoms with Crippen molar-refractivity contribution >= 4 is 17.5 Å². The zero-order valence-electron chi connectivity index (χ0n) is 14.8. The predicted molar refractivity (Wildman–Crippen MR) is 91.9 cm³/mol. The first kappa shape index (κ1) is 17.1. The van der Waals surface area contributed by atoms with Crippen molar-refractivity contribution in [3.8, 4) is 0 Å². The lowest BCUT2D eigenvalue weighted by molar-refractivity contribution is -0.127. The molecule has 1 N–H and O–H groups in total. The lowest BCUT2D eigenvalue weighted by atomic mass is 9.75. The van der Waals surface area contributed by atoms with E-state index in [1.807, 2.05) is 0 Å². The van der Waals surface area contributed by atoms with Crippen LogP contribution in [0.15, 0.2) is 18.2 Å². The van der Waals surface area contributed by atoms with E-state index in [0.29, 0.717) is 17.8 Å². The first-order valence-corrected chi connectivity index (χ1v) is 9.54. The molecule has 1 aromatic carbocycles. The molecule has 0 aromatic heterocycles. The average molecular weight is 378 g/mol. The number of nitrogens with one attached hydrogen (secondary N) is 1. The van der Waals surface area contributed by atoms with Crippen molar-refractivity contribution in [3.63, 3.8) is 0 Å². The van der Waals surface area contributed by atoms with E-state index in [1.165, 1.54) is 18.6 Å². The van der Waals surface area contributed by atoms with Crippen LogP contribution in [0.1, 0.15) is 42.5 Å². The summed E-state index contributed by atoms with van der Waals surface area (Å²) in [5.74, 6) is -3.14. The van der Waals surface area contributed by atoms with Crippen LogP contribution in [-0.2, 0) is 4.79 Å². The summed E-state index contributed by atoms with van der Waals surface area (Å²) in [6.45, 7) is -1.44. The lowest BCUT2D eigenvalue weighted by Gasteiger charge is -2.39. The van der Waals surface area contributed by atoms with E-state index in [9.17, 15) is 22.8 Å². The largest absolute Gasteiger partial charge is 0.326 e. The number of hydrogen-bond donors (Lipinski definition) is 1. The minimum absolute atomic E-state index is 0.0841. The van der Waals surface area contributed by atoms with E-state index in [4.69, 9.17) is 0 Å². The van der Waals surface area contributed by atoms with Crippen molar-refractivity contribution in [3.05, 3.63) is 29.6 Å². The summed E-state index contributed by atoms with van der Waals surface area (Å²) in [6, 6.07) is 4.01. The molecule has 4 saturated carbocycles. The van der Waals surface area contributed by atoms with Gasteiger partial charge in [-0.25, -0.2) is 13.2 Å². The summed E-state index contributed by atoms with van der Waals surface area (Å²) in [5, 5.41) is 2.79. The second-order valence-corrected chi connectivity index (χ2v) is 8.83. The highest BCUT2D eigenvalue weighted by Crippen LogP contribution is 2.65. The third-order valence-corrected chi connectivity index (χ3v) is 7.05. The molecule has 0 spiro atoms. The van der Waals surface area contributed by atoms with Crippen LogP contribution < -0.4 is 5.32 Å². The van der Waals surface area contributed by atoms with Crippen molar-refractivity contribution in [2.75, 3.05) is 18.4 Å². The van der Waals surface area contributed by atoms with Gasteiger partial charge in [-0.1, -0.05) is 6.07 Å². The van der Waals surface area contributed by atoms with Gasteiger partial charge in [-0.3, -0.25) is 9.59 Å². The van der Waals surface area contributed by atoms with E-state index in [2.05, 4.69) is 5.32 Å². The van der Waals surface area contributed by atoms with Gasteiger partial charge in [0.05, 0.1) is 29.8 Å². The van der Waals surface area contributed by atoms with Gasteiger partial charge in [-0.15, -0.1) is 0 Å². The number of alkyl halides is 2. The highest BCUT2D eigenvalue weighted by Gasteiger charge is 2.61. The van der Waals surface area contributed by atoms with Crippen LogP contribution in [0, 0.1) is 29.0 Å². The third kappa shape index (κ3) is 2.50. The SMILES string of the molecule is O=C(c1c(F)cccc1NC(=O)C12CC3CC(CC1C3)C2)N1CC(F)(F)C1. The molecule has 144 valence electrons. The molecular formula is C20H21F3N2O2. The van der Waals surface area contributed by atoms with Crippen molar-refractivity contribution in [1.82, 2.24) is 4.90 Å². The summed E-state index contributed by atoms with van der Waals surface area (Å²) in [6.07, 6.45) is 5.05. The average Bonchev–Trinajstić information content (AvgIpc) is 2.97. The molecule has 2 unspecified atom stereocenters. The van der Waals surface area contributed by atoms with Gasteiger partial charge in [0.2, 0.25) is 5.91 Å². The van der Waals surface area contributed by atoms with E-state index >= 15 is 0 Å². The molecule has 2 amide bonds. The number of benzene rings is 1. The Morgan fingerprint density at radius 1 is 1.07 bits per heavy atom. The van der Waals surface area contributed by atoms with E-state index in [-0.39, 0.29) is 17.2 Å². The normalized spacial score (nSPS) is 35.2.